The fraction of sp³-hybridized carbons (Fsp3) is 0.391. The lowest BCUT2D eigenvalue weighted by molar-refractivity contribution is 0.0955. The number of hydrogen-bond donors (Lipinski definition) is 3. The van der Waals surface area contributed by atoms with E-state index in [2.05, 4.69) is 52.0 Å². The van der Waals surface area contributed by atoms with Crippen molar-refractivity contribution in [2.45, 2.75) is 32.9 Å². The van der Waals surface area contributed by atoms with Gasteiger partial charge in [0.25, 0.3) is 5.91 Å². The second-order valence-corrected chi connectivity index (χ2v) is 7.17. The number of hydrogen-bond acceptors (Lipinski definition) is 3. The van der Waals surface area contributed by atoms with Gasteiger partial charge in [-0.05, 0) is 50.1 Å². The maximum atomic E-state index is 12.0. The van der Waals surface area contributed by atoms with Crippen molar-refractivity contribution in [2.24, 2.45) is 4.99 Å². The summed E-state index contributed by atoms with van der Waals surface area (Å²) in [6.07, 6.45) is 1.08. The second-order valence-electron chi connectivity index (χ2n) is 7.17. The van der Waals surface area contributed by atoms with Gasteiger partial charge < -0.3 is 20.9 Å². The van der Waals surface area contributed by atoms with Gasteiger partial charge in [-0.1, -0.05) is 30.3 Å². The van der Waals surface area contributed by atoms with Crippen LogP contribution in [-0.4, -0.2) is 44.1 Å². The molecule has 6 nitrogen and oxygen atoms in total. The molecule has 1 unspecified atom stereocenters. The summed E-state index contributed by atoms with van der Waals surface area (Å²) in [6, 6.07) is 18.5. The first-order chi connectivity index (χ1) is 14.2. The van der Waals surface area contributed by atoms with Crippen LogP contribution in [0.2, 0.25) is 0 Å². The van der Waals surface area contributed by atoms with Gasteiger partial charge in [-0.2, -0.15) is 0 Å². The van der Waals surface area contributed by atoms with E-state index >= 15 is 0 Å². The first kappa shape index (κ1) is 24.0. The van der Waals surface area contributed by atoms with Crippen LogP contribution in [0.1, 0.15) is 36.2 Å². The van der Waals surface area contributed by atoms with E-state index in [9.17, 15) is 4.79 Å². The molecule has 162 valence electrons. The zero-order valence-electron chi connectivity index (χ0n) is 17.7. The smallest absolute Gasteiger partial charge is 0.251 e. The van der Waals surface area contributed by atoms with Crippen LogP contribution < -0.4 is 20.9 Å². The van der Waals surface area contributed by atoms with Crippen molar-refractivity contribution in [3.63, 3.8) is 0 Å². The quantitative estimate of drug-likeness (QED) is 0.297. The van der Waals surface area contributed by atoms with Gasteiger partial charge in [-0.3, -0.25) is 4.79 Å². The standard InChI is InChI=1S/C23H31N5O.HI/c1-3-24-22(29)19-10-8-9-18(15-19)16-26-23(25-4-2)27-20-13-14-28(17-20)21-11-6-5-7-12-21;/h5-12,15,20H,3-4,13-14,16-17H2,1-2H3,(H,24,29)(H2,25,26,27);1H. The lowest BCUT2D eigenvalue weighted by atomic mass is 10.1. The average Bonchev–Trinajstić information content (AvgIpc) is 3.22. The third-order valence-electron chi connectivity index (χ3n) is 4.94. The van der Waals surface area contributed by atoms with Crippen LogP contribution in [0.15, 0.2) is 59.6 Å². The number of carbonyl (C=O) groups excluding carboxylic acids is 1. The SMILES string of the molecule is CCNC(=O)c1cccc(CN=C(NCC)NC2CCN(c3ccccc3)C2)c1.I. The number of benzene rings is 2. The number of carbonyl (C=O) groups is 1. The third-order valence-corrected chi connectivity index (χ3v) is 4.94. The van der Waals surface area contributed by atoms with Crippen molar-refractivity contribution in [3.8, 4) is 0 Å². The van der Waals surface area contributed by atoms with Gasteiger partial charge in [0.1, 0.15) is 0 Å². The maximum absolute atomic E-state index is 12.0. The maximum Gasteiger partial charge on any atom is 0.251 e. The molecule has 2 aromatic rings. The Morgan fingerprint density at radius 1 is 1.07 bits per heavy atom. The molecule has 0 radical (unpaired) electrons. The molecule has 3 N–H and O–H groups in total. The van der Waals surface area contributed by atoms with Gasteiger partial charge in [-0.15, -0.1) is 24.0 Å². The Kier molecular flexibility index (Phi) is 9.93. The summed E-state index contributed by atoms with van der Waals surface area (Å²) in [5.74, 6) is 0.770. The Hall–Kier alpha value is -2.29. The molecule has 1 aliphatic heterocycles. The molecule has 30 heavy (non-hydrogen) atoms. The summed E-state index contributed by atoms with van der Waals surface area (Å²) in [5.41, 5.74) is 2.95. The van der Waals surface area contributed by atoms with E-state index in [0.717, 1.165) is 37.6 Å². The van der Waals surface area contributed by atoms with Crippen LogP contribution in [0.25, 0.3) is 0 Å². The van der Waals surface area contributed by atoms with Crippen molar-refractivity contribution >= 4 is 41.5 Å². The molecule has 1 fully saturated rings. The summed E-state index contributed by atoms with van der Waals surface area (Å²) in [5, 5.41) is 9.73. The highest BCUT2D eigenvalue weighted by Gasteiger charge is 2.23. The number of rotatable bonds is 7. The van der Waals surface area contributed by atoms with Crippen LogP contribution in [0.3, 0.4) is 0 Å². The molecule has 7 heteroatoms. The van der Waals surface area contributed by atoms with Crippen molar-refractivity contribution in [1.82, 2.24) is 16.0 Å². The van der Waals surface area contributed by atoms with Crippen LogP contribution in [0.4, 0.5) is 5.69 Å². The van der Waals surface area contributed by atoms with Crippen molar-refractivity contribution < 1.29 is 4.79 Å². The summed E-state index contributed by atoms with van der Waals surface area (Å²) < 4.78 is 0. The zero-order valence-corrected chi connectivity index (χ0v) is 20.1. The Morgan fingerprint density at radius 2 is 1.83 bits per heavy atom. The number of nitrogens with one attached hydrogen (secondary N) is 3. The van der Waals surface area contributed by atoms with E-state index in [1.807, 2.05) is 37.3 Å². The second kappa shape index (κ2) is 12.4. The fourth-order valence-electron chi connectivity index (χ4n) is 3.51. The lowest BCUT2D eigenvalue weighted by Gasteiger charge is -2.20. The van der Waals surface area contributed by atoms with E-state index < -0.39 is 0 Å². The van der Waals surface area contributed by atoms with Gasteiger partial charge in [0.05, 0.1) is 6.54 Å². The van der Waals surface area contributed by atoms with E-state index in [0.29, 0.717) is 24.7 Å². The van der Waals surface area contributed by atoms with Crippen LogP contribution >= 0.6 is 24.0 Å². The molecule has 1 aliphatic rings. The van der Waals surface area contributed by atoms with Crippen molar-refractivity contribution in [3.05, 3.63) is 65.7 Å². The van der Waals surface area contributed by atoms with Gasteiger partial charge in [0.15, 0.2) is 5.96 Å². The zero-order chi connectivity index (χ0) is 20.5. The largest absolute Gasteiger partial charge is 0.369 e. The average molecular weight is 521 g/mol. The van der Waals surface area contributed by atoms with E-state index in [4.69, 9.17) is 4.99 Å². The molecule has 0 aromatic heterocycles. The Morgan fingerprint density at radius 3 is 2.57 bits per heavy atom. The summed E-state index contributed by atoms with van der Waals surface area (Å²) >= 11 is 0. The van der Waals surface area contributed by atoms with Crippen LogP contribution in [0.5, 0.6) is 0 Å². The minimum absolute atomic E-state index is 0. The molecular weight excluding hydrogens is 489 g/mol. The lowest BCUT2D eigenvalue weighted by Crippen LogP contribution is -2.44. The number of nitrogens with zero attached hydrogens (tertiary/aromatic N) is 2. The normalized spacial score (nSPS) is 16.0. The first-order valence-electron chi connectivity index (χ1n) is 10.4. The molecule has 1 saturated heterocycles. The summed E-state index contributed by atoms with van der Waals surface area (Å²) in [4.78, 5) is 19.2. The summed E-state index contributed by atoms with van der Waals surface area (Å²) in [6.45, 7) is 7.94. The van der Waals surface area contributed by atoms with Crippen LogP contribution in [0, 0.1) is 0 Å². The number of guanidine groups is 1. The Bertz CT molecular complexity index is 827. The van der Waals surface area contributed by atoms with Crippen LogP contribution in [-0.2, 0) is 6.54 Å². The molecule has 0 saturated carbocycles. The Balaban J connectivity index is 0.00000320. The number of halogens is 1. The highest BCUT2D eigenvalue weighted by molar-refractivity contribution is 14.0. The predicted molar refractivity (Wildman–Crippen MR) is 135 cm³/mol. The number of amides is 1. The van der Waals surface area contributed by atoms with Crippen molar-refractivity contribution in [1.29, 1.82) is 0 Å². The highest BCUT2D eigenvalue weighted by atomic mass is 127. The molecule has 2 aromatic carbocycles. The molecule has 1 amide bonds. The van der Waals surface area contributed by atoms with Gasteiger partial charge >= 0.3 is 0 Å². The molecular formula is C23H32IN5O. The molecule has 0 spiro atoms. The third kappa shape index (κ3) is 6.90. The minimum atomic E-state index is -0.0460. The van der Waals surface area contributed by atoms with Gasteiger partial charge in [0.2, 0.25) is 0 Å². The minimum Gasteiger partial charge on any atom is -0.369 e. The Labute approximate surface area is 196 Å². The first-order valence-corrected chi connectivity index (χ1v) is 10.4. The summed E-state index contributed by atoms with van der Waals surface area (Å²) in [7, 11) is 0. The topological polar surface area (TPSA) is 68.8 Å². The van der Waals surface area contributed by atoms with E-state index in [1.54, 1.807) is 0 Å². The predicted octanol–water partition coefficient (Wildman–Crippen LogP) is 3.39. The fourth-order valence-corrected chi connectivity index (χ4v) is 3.51. The van der Waals surface area contributed by atoms with Gasteiger partial charge in [-0.25, -0.2) is 4.99 Å². The molecule has 3 rings (SSSR count). The molecule has 1 heterocycles. The molecule has 1 atom stereocenters. The molecule has 0 bridgehead atoms. The van der Waals surface area contributed by atoms with E-state index in [-0.39, 0.29) is 29.9 Å². The van der Waals surface area contributed by atoms with Crippen molar-refractivity contribution in [2.75, 3.05) is 31.1 Å². The van der Waals surface area contributed by atoms with Gasteiger partial charge in [0, 0.05) is 43.5 Å². The number of aliphatic imine (C=N–C) groups is 1. The van der Waals surface area contributed by atoms with E-state index in [1.165, 1.54) is 5.69 Å². The highest BCUT2D eigenvalue weighted by Crippen LogP contribution is 2.19. The monoisotopic (exact) mass is 521 g/mol. The number of anilines is 1. The molecule has 0 aliphatic carbocycles. The number of para-hydroxylation sites is 1.